The molecule has 0 aliphatic carbocycles. The summed E-state index contributed by atoms with van der Waals surface area (Å²) < 4.78 is 5.38. The second kappa shape index (κ2) is 8.42. The Kier molecular flexibility index (Phi) is 6.04. The molecule has 0 fully saturated rings. The molecule has 1 heterocycles. The van der Waals surface area contributed by atoms with Crippen LogP contribution < -0.4 is 15.9 Å². The van der Waals surface area contributed by atoms with E-state index < -0.39 is 42.2 Å². The summed E-state index contributed by atoms with van der Waals surface area (Å²) in [5.74, 6) is -3.13. The molecule has 10 heteroatoms. The Morgan fingerprint density at radius 3 is 2.27 bits per heavy atom. The molecule has 138 valence electrons. The summed E-state index contributed by atoms with van der Waals surface area (Å²) in [6.07, 6.45) is -1.54. The number of hydrogen-bond acceptors (Lipinski definition) is 7. The summed E-state index contributed by atoms with van der Waals surface area (Å²) in [5, 5.41) is 21.1. The lowest BCUT2D eigenvalue weighted by Crippen LogP contribution is -2.46. The summed E-state index contributed by atoms with van der Waals surface area (Å²) in [4.78, 5) is 39.8. The van der Waals surface area contributed by atoms with Crippen molar-refractivity contribution >= 4 is 18.0 Å². The van der Waals surface area contributed by atoms with Crippen molar-refractivity contribution in [3.63, 3.8) is 0 Å². The average Bonchev–Trinajstić information content (AvgIpc) is 2.92. The van der Waals surface area contributed by atoms with Gasteiger partial charge in [0.15, 0.2) is 0 Å². The predicted octanol–water partition coefficient (Wildman–Crippen LogP) is 0.0249. The molecule has 26 heavy (non-hydrogen) atoms. The molecule has 0 saturated carbocycles. The maximum Gasteiger partial charge on any atom is 0.408 e. The molecular weight excluding hydrogens is 346 g/mol. The van der Waals surface area contributed by atoms with Crippen LogP contribution in [0.3, 0.4) is 0 Å². The van der Waals surface area contributed by atoms with Gasteiger partial charge in [0.2, 0.25) is 17.7 Å². The quantitative estimate of drug-likeness (QED) is 0.541. The molecule has 1 aromatic carbocycles. The number of alkyl carbamates (subject to hydrolysis) is 1. The lowest BCUT2D eigenvalue weighted by Gasteiger charge is -2.16. The standard InChI is InChI=1S/C16H17N3O7/c17-12(20)8-11(15(23)26-19-13(21)6-7-14(19)22)18-16(24)25-9-10-4-2-1-3-5-10/h1-7,11,21-22H,8-9H2,(H2,17,20)(H,18,24)/t11-/m0/s1. The van der Waals surface area contributed by atoms with Gasteiger partial charge in [0.25, 0.3) is 0 Å². The molecule has 5 N–H and O–H groups in total. The Morgan fingerprint density at radius 2 is 1.69 bits per heavy atom. The summed E-state index contributed by atoms with van der Waals surface area (Å²) in [7, 11) is 0. The van der Waals surface area contributed by atoms with Gasteiger partial charge < -0.3 is 30.8 Å². The molecule has 2 amide bonds. The van der Waals surface area contributed by atoms with Crippen molar-refractivity contribution in [2.24, 2.45) is 5.73 Å². The first-order valence-corrected chi connectivity index (χ1v) is 7.44. The monoisotopic (exact) mass is 363 g/mol. The largest absolute Gasteiger partial charge is 0.492 e. The van der Waals surface area contributed by atoms with E-state index in [-0.39, 0.29) is 6.61 Å². The third-order valence-electron chi connectivity index (χ3n) is 3.17. The van der Waals surface area contributed by atoms with E-state index in [1.54, 1.807) is 30.3 Å². The van der Waals surface area contributed by atoms with Gasteiger partial charge >= 0.3 is 12.1 Å². The molecule has 0 bridgehead atoms. The van der Waals surface area contributed by atoms with Crippen LogP contribution in [0, 0.1) is 0 Å². The fourth-order valence-electron chi connectivity index (χ4n) is 1.95. The number of primary amides is 1. The van der Waals surface area contributed by atoms with Crippen LogP contribution in [0.5, 0.6) is 11.8 Å². The minimum Gasteiger partial charge on any atom is -0.492 e. The molecule has 10 nitrogen and oxygen atoms in total. The highest BCUT2D eigenvalue weighted by Crippen LogP contribution is 2.19. The molecule has 0 spiro atoms. The first-order chi connectivity index (χ1) is 12.4. The van der Waals surface area contributed by atoms with Gasteiger partial charge in [0.1, 0.15) is 12.6 Å². The fourth-order valence-corrected chi connectivity index (χ4v) is 1.95. The number of aromatic hydroxyl groups is 2. The van der Waals surface area contributed by atoms with Crippen LogP contribution in [0.15, 0.2) is 42.5 Å². The maximum absolute atomic E-state index is 12.1. The molecule has 0 saturated heterocycles. The van der Waals surface area contributed by atoms with Gasteiger partial charge in [0.05, 0.1) is 6.42 Å². The topological polar surface area (TPSA) is 153 Å². The van der Waals surface area contributed by atoms with Gasteiger partial charge in [-0.15, -0.1) is 4.73 Å². The van der Waals surface area contributed by atoms with Gasteiger partial charge in [-0.25, -0.2) is 9.59 Å². The number of hydrogen-bond donors (Lipinski definition) is 4. The maximum atomic E-state index is 12.1. The number of nitrogens with two attached hydrogens (primary N) is 1. The van der Waals surface area contributed by atoms with Crippen molar-refractivity contribution in [3.05, 3.63) is 48.0 Å². The molecule has 2 aromatic rings. The van der Waals surface area contributed by atoms with Gasteiger partial charge in [-0.1, -0.05) is 30.3 Å². The molecule has 1 aromatic heterocycles. The molecule has 1 atom stereocenters. The minimum atomic E-state index is -1.48. The second-order valence-corrected chi connectivity index (χ2v) is 5.18. The number of nitrogens with one attached hydrogen (secondary N) is 1. The Morgan fingerprint density at radius 1 is 1.08 bits per heavy atom. The zero-order valence-electron chi connectivity index (χ0n) is 13.5. The van der Waals surface area contributed by atoms with E-state index in [1.807, 2.05) is 0 Å². The molecule has 0 aliphatic heterocycles. The summed E-state index contributed by atoms with van der Waals surface area (Å²) in [6.45, 7) is -0.0514. The van der Waals surface area contributed by atoms with E-state index in [1.165, 1.54) is 0 Å². The molecule has 0 aliphatic rings. The third-order valence-corrected chi connectivity index (χ3v) is 3.17. The number of ether oxygens (including phenoxy) is 1. The lowest BCUT2D eigenvalue weighted by atomic mass is 10.2. The highest BCUT2D eigenvalue weighted by molar-refractivity contribution is 5.87. The highest BCUT2D eigenvalue weighted by atomic mass is 16.7. The van der Waals surface area contributed by atoms with E-state index in [9.17, 15) is 24.6 Å². The Labute approximate surface area is 147 Å². The van der Waals surface area contributed by atoms with E-state index in [0.29, 0.717) is 4.73 Å². The van der Waals surface area contributed by atoms with Crippen LogP contribution >= 0.6 is 0 Å². The first kappa shape index (κ1) is 18.6. The highest BCUT2D eigenvalue weighted by Gasteiger charge is 2.27. The van der Waals surface area contributed by atoms with Crippen LogP contribution in [-0.4, -0.2) is 39.0 Å². The molecule has 0 radical (unpaired) electrons. The third kappa shape index (κ3) is 5.16. The SMILES string of the molecule is NC(=O)C[C@H](NC(=O)OCc1ccccc1)C(=O)On1c(O)ccc1O. The van der Waals surface area contributed by atoms with Crippen molar-refractivity contribution in [2.45, 2.75) is 19.1 Å². The van der Waals surface area contributed by atoms with Crippen molar-refractivity contribution in [3.8, 4) is 11.8 Å². The number of benzene rings is 1. The molecular formula is C16H17N3O7. The predicted molar refractivity (Wildman–Crippen MR) is 86.7 cm³/mol. The Balaban J connectivity index is 1.98. The van der Waals surface area contributed by atoms with Crippen molar-refractivity contribution < 1.29 is 34.2 Å². The molecule has 0 unspecified atom stereocenters. The minimum absolute atomic E-state index is 0.0514. The van der Waals surface area contributed by atoms with E-state index in [0.717, 1.165) is 17.7 Å². The van der Waals surface area contributed by atoms with Crippen molar-refractivity contribution in [2.75, 3.05) is 0 Å². The normalized spacial score (nSPS) is 11.4. The zero-order valence-corrected chi connectivity index (χ0v) is 13.5. The van der Waals surface area contributed by atoms with Gasteiger partial charge in [-0.05, 0) is 5.56 Å². The Hall–Kier alpha value is -3.69. The zero-order chi connectivity index (χ0) is 19.1. The van der Waals surface area contributed by atoms with E-state index in [2.05, 4.69) is 5.32 Å². The number of aromatic nitrogens is 1. The van der Waals surface area contributed by atoms with Crippen molar-refractivity contribution in [1.82, 2.24) is 10.0 Å². The van der Waals surface area contributed by atoms with Crippen molar-refractivity contribution in [1.29, 1.82) is 0 Å². The number of amides is 2. The number of rotatable bonds is 7. The van der Waals surface area contributed by atoms with Crippen LogP contribution in [0.4, 0.5) is 4.79 Å². The number of carbonyl (C=O) groups excluding carboxylic acids is 3. The smallest absolute Gasteiger partial charge is 0.408 e. The first-order valence-electron chi connectivity index (χ1n) is 7.44. The van der Waals surface area contributed by atoms with Gasteiger partial charge in [-0.2, -0.15) is 0 Å². The van der Waals surface area contributed by atoms with Gasteiger partial charge in [-0.3, -0.25) is 4.79 Å². The summed E-state index contributed by atoms with van der Waals surface area (Å²) in [5.41, 5.74) is 5.78. The average molecular weight is 363 g/mol. The lowest BCUT2D eigenvalue weighted by molar-refractivity contribution is -0.149. The molecule has 2 rings (SSSR count). The number of carbonyl (C=O) groups is 3. The van der Waals surface area contributed by atoms with Crippen LogP contribution in [-0.2, 0) is 20.9 Å². The fraction of sp³-hybridized carbons (Fsp3) is 0.188. The van der Waals surface area contributed by atoms with E-state index >= 15 is 0 Å². The summed E-state index contributed by atoms with van der Waals surface area (Å²) in [6, 6.07) is 9.48. The summed E-state index contributed by atoms with van der Waals surface area (Å²) >= 11 is 0. The van der Waals surface area contributed by atoms with Crippen LogP contribution in [0.25, 0.3) is 0 Å². The van der Waals surface area contributed by atoms with Gasteiger partial charge in [0, 0.05) is 12.1 Å². The van der Waals surface area contributed by atoms with Crippen LogP contribution in [0.2, 0.25) is 0 Å². The van der Waals surface area contributed by atoms with Crippen LogP contribution in [0.1, 0.15) is 12.0 Å². The Bertz CT molecular complexity index is 769. The second-order valence-electron chi connectivity index (χ2n) is 5.18. The van der Waals surface area contributed by atoms with E-state index in [4.69, 9.17) is 15.3 Å². The number of nitrogens with zero attached hydrogens (tertiary/aromatic N) is 1.